The van der Waals surface area contributed by atoms with Crippen molar-refractivity contribution in [2.45, 2.75) is 19.4 Å². The normalized spacial score (nSPS) is 14.2. The van der Waals surface area contributed by atoms with Gasteiger partial charge in [0.05, 0.1) is 5.92 Å². The molecule has 43 heavy (non-hydrogen) atoms. The van der Waals surface area contributed by atoms with E-state index in [0.717, 1.165) is 16.5 Å². The summed E-state index contributed by atoms with van der Waals surface area (Å²) in [6.45, 7) is 2.02. The van der Waals surface area contributed by atoms with Gasteiger partial charge in [0, 0.05) is 43.2 Å². The number of fused-ring (bicyclic) bond motifs is 2. The Bertz CT molecular complexity index is 1980. The smallest absolute Gasteiger partial charge is 0.379 e. The Kier molecular flexibility index (Phi) is 7.68. The van der Waals surface area contributed by atoms with Crippen molar-refractivity contribution in [3.63, 3.8) is 0 Å². The lowest BCUT2D eigenvalue weighted by molar-refractivity contribution is 0.0702. The van der Waals surface area contributed by atoms with Gasteiger partial charge in [0.1, 0.15) is 41.1 Å². The van der Waals surface area contributed by atoms with Crippen LogP contribution < -0.4 is 19.9 Å². The van der Waals surface area contributed by atoms with Gasteiger partial charge >= 0.3 is 5.97 Å². The first-order valence-electron chi connectivity index (χ1n) is 13.0. The van der Waals surface area contributed by atoms with Gasteiger partial charge in [-0.1, -0.05) is 59.1 Å². The Morgan fingerprint density at radius 3 is 2.42 bits per heavy atom. The van der Waals surface area contributed by atoms with Gasteiger partial charge in [0.2, 0.25) is 11.6 Å². The molecule has 6 rings (SSSR count). The first kappa shape index (κ1) is 28.5. The molecule has 0 aliphatic carbocycles. The summed E-state index contributed by atoms with van der Waals surface area (Å²) in [6, 6.07) is 24.8. The number of rotatable bonds is 6. The molecule has 1 atom stereocenters. The van der Waals surface area contributed by atoms with E-state index in [9.17, 15) is 10.1 Å². The van der Waals surface area contributed by atoms with Crippen LogP contribution in [0.5, 0.6) is 17.2 Å². The number of nitrogens with two attached hydrogens (primary N) is 1. The molecule has 0 amide bonds. The van der Waals surface area contributed by atoms with Gasteiger partial charge in [-0.05, 0) is 61.0 Å². The molecule has 1 aliphatic heterocycles. The summed E-state index contributed by atoms with van der Waals surface area (Å²) in [5, 5.41) is 12.3. The molecule has 0 saturated heterocycles. The average Bonchev–Trinajstić information content (AvgIpc) is 3.31. The minimum atomic E-state index is -0.672. The Balaban J connectivity index is 1.24. The first-order chi connectivity index (χ1) is 20.7. The zero-order valence-corrected chi connectivity index (χ0v) is 24.8. The van der Waals surface area contributed by atoms with Gasteiger partial charge in [0.25, 0.3) is 0 Å². The quantitative estimate of drug-likeness (QED) is 0.147. The predicted molar refractivity (Wildman–Crippen MR) is 164 cm³/mol. The van der Waals surface area contributed by atoms with E-state index in [4.69, 9.17) is 59.2 Å². The van der Waals surface area contributed by atoms with Crippen molar-refractivity contribution in [1.82, 2.24) is 0 Å². The Labute approximate surface area is 261 Å². The van der Waals surface area contributed by atoms with Gasteiger partial charge in [-0.2, -0.15) is 5.26 Å². The van der Waals surface area contributed by atoms with Crippen molar-refractivity contribution in [1.29, 1.82) is 5.26 Å². The number of halogens is 3. The van der Waals surface area contributed by atoms with Crippen molar-refractivity contribution in [2.24, 2.45) is 5.73 Å². The highest BCUT2D eigenvalue weighted by Crippen LogP contribution is 2.44. The lowest BCUT2D eigenvalue weighted by atomic mass is 9.83. The molecule has 0 saturated carbocycles. The second-order valence-electron chi connectivity index (χ2n) is 9.80. The maximum atomic E-state index is 13.0. The van der Waals surface area contributed by atoms with Crippen LogP contribution in [0.3, 0.4) is 0 Å². The summed E-state index contributed by atoms with van der Waals surface area (Å²) in [7, 11) is 0. The number of hydrogen-bond acceptors (Lipinski definition) is 7. The molecule has 0 radical (unpaired) electrons. The Morgan fingerprint density at radius 1 is 0.953 bits per heavy atom. The van der Waals surface area contributed by atoms with Crippen LogP contribution in [0.4, 0.5) is 0 Å². The van der Waals surface area contributed by atoms with Crippen LogP contribution in [0.15, 0.2) is 94.7 Å². The number of nitriles is 1. The second-order valence-corrected chi connectivity index (χ2v) is 11.1. The largest absolute Gasteiger partial charge is 0.489 e. The summed E-state index contributed by atoms with van der Waals surface area (Å²) in [5.41, 5.74) is 9.85. The van der Waals surface area contributed by atoms with E-state index in [2.05, 4.69) is 6.07 Å². The van der Waals surface area contributed by atoms with Crippen LogP contribution in [-0.2, 0) is 6.61 Å². The zero-order valence-electron chi connectivity index (χ0n) is 22.5. The molecule has 0 bridgehead atoms. The summed E-state index contributed by atoms with van der Waals surface area (Å²) in [5.74, 6) is 0.0417. The molecule has 5 aromatic rings. The minimum absolute atomic E-state index is 0.0359. The third-order valence-electron chi connectivity index (χ3n) is 7.11. The fraction of sp³-hybridized carbons (Fsp3) is 0.0909. The van der Waals surface area contributed by atoms with E-state index in [0.29, 0.717) is 43.3 Å². The van der Waals surface area contributed by atoms with Crippen LogP contribution in [0.1, 0.15) is 38.7 Å². The number of esters is 1. The molecule has 214 valence electrons. The highest BCUT2D eigenvalue weighted by Gasteiger charge is 2.31. The van der Waals surface area contributed by atoms with E-state index in [1.165, 1.54) is 0 Å². The number of carbonyl (C=O) groups excluding carboxylic acids is 1. The van der Waals surface area contributed by atoms with E-state index in [1.807, 2.05) is 18.2 Å². The maximum Gasteiger partial charge on any atom is 0.379 e. The molecule has 0 spiro atoms. The predicted octanol–water partition coefficient (Wildman–Crippen LogP) is 8.72. The highest BCUT2D eigenvalue weighted by atomic mass is 35.5. The number of hydrogen-bond donors (Lipinski definition) is 1. The summed E-state index contributed by atoms with van der Waals surface area (Å²) < 4.78 is 23.1. The molecule has 1 aliphatic rings. The second kappa shape index (κ2) is 11.6. The molecular weight excluding hydrogens is 611 g/mol. The average molecular weight is 632 g/mol. The Morgan fingerprint density at radius 2 is 1.67 bits per heavy atom. The third kappa shape index (κ3) is 5.61. The van der Waals surface area contributed by atoms with Gasteiger partial charge in [-0.3, -0.25) is 0 Å². The number of nitrogens with zero attached hydrogens (tertiary/aromatic N) is 1. The molecule has 10 heteroatoms. The monoisotopic (exact) mass is 630 g/mol. The van der Waals surface area contributed by atoms with Crippen molar-refractivity contribution >= 4 is 51.7 Å². The number of aryl methyl sites for hydroxylation is 1. The van der Waals surface area contributed by atoms with E-state index < -0.39 is 11.9 Å². The van der Waals surface area contributed by atoms with Crippen molar-refractivity contribution < 1.29 is 23.4 Å². The molecule has 1 aromatic heterocycles. The van der Waals surface area contributed by atoms with Crippen LogP contribution >= 0.6 is 34.8 Å². The first-order valence-corrected chi connectivity index (χ1v) is 14.1. The van der Waals surface area contributed by atoms with Gasteiger partial charge in [-0.15, -0.1) is 0 Å². The topological polar surface area (TPSA) is 108 Å². The van der Waals surface area contributed by atoms with Gasteiger partial charge < -0.3 is 24.4 Å². The lowest BCUT2D eigenvalue weighted by Crippen LogP contribution is -2.21. The molecule has 0 fully saturated rings. The Hall–Kier alpha value is -4.61. The summed E-state index contributed by atoms with van der Waals surface area (Å²) in [6.07, 6.45) is 0. The van der Waals surface area contributed by atoms with E-state index in [-0.39, 0.29) is 29.6 Å². The highest BCUT2D eigenvalue weighted by molar-refractivity contribution is 6.35. The van der Waals surface area contributed by atoms with E-state index in [1.54, 1.807) is 67.6 Å². The number of benzene rings is 4. The standard InChI is InChI=1S/C33H21Cl3N2O5/c1-17-25-12-20(34)6-11-28(25)42-31(17)33(39)41-23-9-10-24-29(14-23)43-32(38)26(15-37)30(24)18-3-7-22(8-4-18)40-16-19-2-5-21(35)13-27(19)36/h2-14,30H,16,38H2,1H3. The van der Waals surface area contributed by atoms with Gasteiger partial charge in [0.15, 0.2) is 0 Å². The van der Waals surface area contributed by atoms with Gasteiger partial charge in [-0.25, -0.2) is 4.79 Å². The van der Waals surface area contributed by atoms with Crippen molar-refractivity contribution in [3.05, 3.63) is 133 Å². The number of allylic oxidation sites excluding steroid dienone is 1. The van der Waals surface area contributed by atoms with Crippen molar-refractivity contribution in [2.75, 3.05) is 0 Å². The molecule has 7 nitrogen and oxygen atoms in total. The zero-order chi connectivity index (χ0) is 30.2. The molecule has 4 aromatic carbocycles. The summed E-state index contributed by atoms with van der Waals surface area (Å²) in [4.78, 5) is 13.0. The lowest BCUT2D eigenvalue weighted by Gasteiger charge is -2.26. The molecular formula is C33H21Cl3N2O5. The van der Waals surface area contributed by atoms with Crippen LogP contribution in [0, 0.1) is 18.3 Å². The third-order valence-corrected chi connectivity index (χ3v) is 7.93. The van der Waals surface area contributed by atoms with Crippen LogP contribution in [0.2, 0.25) is 15.1 Å². The maximum absolute atomic E-state index is 13.0. The number of ether oxygens (including phenoxy) is 3. The molecule has 1 unspecified atom stereocenters. The van der Waals surface area contributed by atoms with Crippen molar-refractivity contribution in [3.8, 4) is 23.3 Å². The number of carbonyl (C=O) groups is 1. The SMILES string of the molecule is Cc1c(C(=O)Oc2ccc3c(c2)OC(N)=C(C#N)C3c2ccc(OCc3ccc(Cl)cc3Cl)cc2)oc2ccc(Cl)cc12. The minimum Gasteiger partial charge on any atom is -0.489 e. The number of furan rings is 1. The summed E-state index contributed by atoms with van der Waals surface area (Å²) >= 11 is 18.3. The molecule has 2 N–H and O–H groups in total. The van der Waals surface area contributed by atoms with Crippen LogP contribution in [-0.4, -0.2) is 5.97 Å². The van der Waals surface area contributed by atoms with Crippen LogP contribution in [0.25, 0.3) is 11.0 Å². The molecule has 2 heterocycles. The fourth-order valence-electron chi connectivity index (χ4n) is 4.94. The fourth-order valence-corrected chi connectivity index (χ4v) is 5.57. The van der Waals surface area contributed by atoms with E-state index >= 15 is 0 Å².